The van der Waals surface area contributed by atoms with E-state index in [2.05, 4.69) is 16.7 Å². The Kier molecular flexibility index (Phi) is 6.65. The molecule has 166 valence electrons. The van der Waals surface area contributed by atoms with Crippen LogP contribution in [0.5, 0.6) is 0 Å². The number of para-hydroxylation sites is 1. The van der Waals surface area contributed by atoms with Gasteiger partial charge in [0.05, 0.1) is 11.6 Å². The number of carbonyl (C=O) groups is 2. The van der Waals surface area contributed by atoms with E-state index in [4.69, 9.17) is 5.26 Å². The minimum Gasteiger partial charge on any atom is -0.326 e. The number of benzene rings is 3. The van der Waals surface area contributed by atoms with Crippen LogP contribution >= 0.6 is 0 Å². The molecule has 6 nitrogen and oxygen atoms in total. The number of aryl methyl sites for hydroxylation is 1. The van der Waals surface area contributed by atoms with E-state index in [0.29, 0.717) is 17.8 Å². The van der Waals surface area contributed by atoms with Gasteiger partial charge in [-0.1, -0.05) is 30.3 Å². The van der Waals surface area contributed by atoms with E-state index in [1.54, 1.807) is 29.2 Å². The monoisotopic (exact) mass is 442 g/mol. The molecule has 0 aromatic heterocycles. The third kappa shape index (κ3) is 5.36. The standard InChI is InChI=1S/C26H23FN4O2/c27-21-11-13-22(14-12-21)29-26(33)30-23(16-18-7-9-19(17-28)10-8-18)25(32)31-15-3-5-20-4-1-2-6-24(20)31/h1-2,4,6-14,23H,3,5,15-16H2,(H2,29,30,33)/t23-/m0/s1. The summed E-state index contributed by atoms with van der Waals surface area (Å²) in [6.45, 7) is 0.570. The van der Waals surface area contributed by atoms with Crippen LogP contribution in [0, 0.1) is 17.1 Å². The van der Waals surface area contributed by atoms with Crippen LogP contribution in [0.25, 0.3) is 0 Å². The first-order valence-corrected chi connectivity index (χ1v) is 10.7. The van der Waals surface area contributed by atoms with Gasteiger partial charge in [-0.15, -0.1) is 0 Å². The first kappa shape index (κ1) is 22.0. The van der Waals surface area contributed by atoms with Gasteiger partial charge in [-0.2, -0.15) is 5.26 Å². The lowest BCUT2D eigenvalue weighted by atomic mass is 9.99. The van der Waals surface area contributed by atoms with Gasteiger partial charge in [0.1, 0.15) is 11.9 Å². The van der Waals surface area contributed by atoms with Crippen molar-refractivity contribution in [1.29, 1.82) is 5.26 Å². The summed E-state index contributed by atoms with van der Waals surface area (Å²) >= 11 is 0. The van der Waals surface area contributed by atoms with Crippen molar-refractivity contribution in [3.63, 3.8) is 0 Å². The molecule has 7 heteroatoms. The number of halogens is 1. The summed E-state index contributed by atoms with van der Waals surface area (Å²) in [7, 11) is 0. The summed E-state index contributed by atoms with van der Waals surface area (Å²) in [5.74, 6) is -0.612. The lowest BCUT2D eigenvalue weighted by Gasteiger charge is -2.32. The smallest absolute Gasteiger partial charge is 0.319 e. The lowest BCUT2D eigenvalue weighted by molar-refractivity contribution is -0.120. The molecule has 3 aromatic carbocycles. The number of urea groups is 1. The molecule has 0 spiro atoms. The predicted octanol–water partition coefficient (Wildman–Crippen LogP) is 4.41. The summed E-state index contributed by atoms with van der Waals surface area (Å²) in [5.41, 5.74) is 3.72. The summed E-state index contributed by atoms with van der Waals surface area (Å²) in [5, 5.41) is 14.5. The Labute approximate surface area is 191 Å². The van der Waals surface area contributed by atoms with Gasteiger partial charge in [0.25, 0.3) is 0 Å². The molecule has 0 unspecified atom stereocenters. The van der Waals surface area contributed by atoms with Crippen molar-refractivity contribution in [2.75, 3.05) is 16.8 Å². The fourth-order valence-corrected chi connectivity index (χ4v) is 3.96. The third-order valence-corrected chi connectivity index (χ3v) is 5.60. The number of hydrogen-bond donors (Lipinski definition) is 2. The Morgan fingerprint density at radius 2 is 1.76 bits per heavy atom. The molecule has 0 aliphatic carbocycles. The van der Waals surface area contributed by atoms with Crippen molar-refractivity contribution < 1.29 is 14.0 Å². The van der Waals surface area contributed by atoms with Crippen LogP contribution in [0.3, 0.4) is 0 Å². The zero-order valence-electron chi connectivity index (χ0n) is 17.9. The zero-order chi connectivity index (χ0) is 23.2. The van der Waals surface area contributed by atoms with Crippen molar-refractivity contribution in [3.8, 4) is 6.07 Å². The van der Waals surface area contributed by atoms with Crippen molar-refractivity contribution >= 4 is 23.3 Å². The Hall–Kier alpha value is -4.18. The van der Waals surface area contributed by atoms with Gasteiger partial charge in [-0.3, -0.25) is 4.79 Å². The van der Waals surface area contributed by atoms with E-state index in [1.165, 1.54) is 24.3 Å². The van der Waals surface area contributed by atoms with Crippen LogP contribution in [-0.2, 0) is 17.6 Å². The maximum absolute atomic E-state index is 13.6. The minimum atomic E-state index is -0.829. The normalized spacial score (nSPS) is 13.4. The van der Waals surface area contributed by atoms with Crippen LogP contribution in [0.15, 0.2) is 72.8 Å². The molecule has 3 aromatic rings. The van der Waals surface area contributed by atoms with E-state index in [0.717, 1.165) is 29.7 Å². The molecule has 0 radical (unpaired) electrons. The molecular weight excluding hydrogens is 419 g/mol. The van der Waals surface area contributed by atoms with E-state index in [9.17, 15) is 14.0 Å². The first-order chi connectivity index (χ1) is 16.0. The van der Waals surface area contributed by atoms with Gasteiger partial charge in [-0.05, 0) is 66.4 Å². The Morgan fingerprint density at radius 3 is 2.48 bits per heavy atom. The van der Waals surface area contributed by atoms with Gasteiger partial charge in [0.2, 0.25) is 5.91 Å². The van der Waals surface area contributed by atoms with Crippen LogP contribution < -0.4 is 15.5 Å². The molecule has 0 fully saturated rings. The second-order valence-electron chi connectivity index (χ2n) is 7.89. The molecule has 3 amide bonds. The number of carbonyl (C=O) groups excluding carboxylic acids is 2. The Balaban J connectivity index is 1.56. The van der Waals surface area contributed by atoms with Gasteiger partial charge >= 0.3 is 6.03 Å². The molecule has 33 heavy (non-hydrogen) atoms. The molecule has 0 saturated heterocycles. The van der Waals surface area contributed by atoms with Gasteiger partial charge < -0.3 is 15.5 Å². The average Bonchev–Trinajstić information content (AvgIpc) is 2.84. The highest BCUT2D eigenvalue weighted by Crippen LogP contribution is 2.27. The van der Waals surface area contributed by atoms with Crippen LogP contribution in [0.2, 0.25) is 0 Å². The number of nitrogens with one attached hydrogen (secondary N) is 2. The topological polar surface area (TPSA) is 85.2 Å². The SMILES string of the molecule is N#Cc1ccc(C[C@H](NC(=O)Nc2ccc(F)cc2)C(=O)N2CCCc3ccccc32)cc1. The van der Waals surface area contributed by atoms with E-state index in [-0.39, 0.29) is 12.3 Å². The predicted molar refractivity (Wildman–Crippen MR) is 124 cm³/mol. The van der Waals surface area contributed by atoms with Crippen molar-refractivity contribution in [3.05, 3.63) is 95.3 Å². The highest BCUT2D eigenvalue weighted by molar-refractivity contribution is 6.01. The quantitative estimate of drug-likeness (QED) is 0.614. The summed E-state index contributed by atoms with van der Waals surface area (Å²) < 4.78 is 13.2. The molecule has 0 saturated carbocycles. The summed E-state index contributed by atoms with van der Waals surface area (Å²) in [6.07, 6.45) is 2.01. The molecule has 1 aliphatic rings. The number of amides is 3. The van der Waals surface area contributed by atoms with Crippen molar-refractivity contribution in [2.24, 2.45) is 0 Å². The fourth-order valence-electron chi connectivity index (χ4n) is 3.96. The molecule has 4 rings (SSSR count). The highest BCUT2D eigenvalue weighted by Gasteiger charge is 2.30. The minimum absolute atomic E-state index is 0.208. The van der Waals surface area contributed by atoms with Gasteiger partial charge in [0.15, 0.2) is 0 Å². The molecule has 1 aliphatic heterocycles. The van der Waals surface area contributed by atoms with Crippen molar-refractivity contribution in [2.45, 2.75) is 25.3 Å². The second kappa shape index (κ2) is 9.96. The van der Waals surface area contributed by atoms with E-state index >= 15 is 0 Å². The largest absolute Gasteiger partial charge is 0.326 e. The summed E-state index contributed by atoms with van der Waals surface area (Å²) in [4.78, 5) is 28.0. The molecule has 2 N–H and O–H groups in total. The van der Waals surface area contributed by atoms with E-state index in [1.807, 2.05) is 24.3 Å². The molecular formula is C26H23FN4O2. The zero-order valence-corrected chi connectivity index (χ0v) is 17.9. The van der Waals surface area contributed by atoms with Crippen LogP contribution in [-0.4, -0.2) is 24.5 Å². The number of anilines is 2. The van der Waals surface area contributed by atoms with Crippen LogP contribution in [0.1, 0.15) is 23.1 Å². The lowest BCUT2D eigenvalue weighted by Crippen LogP contribution is -2.52. The first-order valence-electron chi connectivity index (χ1n) is 10.7. The Morgan fingerprint density at radius 1 is 1.03 bits per heavy atom. The van der Waals surface area contributed by atoms with E-state index < -0.39 is 17.9 Å². The van der Waals surface area contributed by atoms with Crippen molar-refractivity contribution in [1.82, 2.24) is 5.32 Å². The maximum Gasteiger partial charge on any atom is 0.319 e. The number of hydrogen-bond acceptors (Lipinski definition) is 3. The number of nitriles is 1. The second-order valence-corrected chi connectivity index (χ2v) is 7.89. The highest BCUT2D eigenvalue weighted by atomic mass is 19.1. The third-order valence-electron chi connectivity index (χ3n) is 5.60. The summed E-state index contributed by atoms with van der Waals surface area (Å²) in [6, 6.07) is 20.8. The molecule has 1 heterocycles. The van der Waals surface area contributed by atoms with Crippen LogP contribution in [0.4, 0.5) is 20.6 Å². The number of rotatable bonds is 5. The molecule has 1 atom stereocenters. The average molecular weight is 442 g/mol. The number of fused-ring (bicyclic) bond motifs is 1. The van der Waals surface area contributed by atoms with Gasteiger partial charge in [0, 0.05) is 24.3 Å². The molecule has 0 bridgehead atoms. The maximum atomic E-state index is 13.6. The van der Waals surface area contributed by atoms with Gasteiger partial charge in [-0.25, -0.2) is 9.18 Å². The fraction of sp³-hybridized carbons (Fsp3) is 0.192. The Bertz CT molecular complexity index is 1190. The number of nitrogens with zero attached hydrogens (tertiary/aromatic N) is 2.